The molecule has 8 nitrogen and oxygen atoms in total. The van der Waals surface area contributed by atoms with Crippen LogP contribution in [0.3, 0.4) is 0 Å². The maximum atomic E-state index is 13.3. The smallest absolute Gasteiger partial charge is 0.405 e. The van der Waals surface area contributed by atoms with Crippen LogP contribution in [-0.2, 0) is 0 Å². The van der Waals surface area contributed by atoms with E-state index in [0.29, 0.717) is 16.9 Å². The van der Waals surface area contributed by atoms with Gasteiger partial charge in [-0.25, -0.2) is 14.3 Å². The van der Waals surface area contributed by atoms with Crippen LogP contribution in [0, 0.1) is 0 Å². The van der Waals surface area contributed by atoms with E-state index >= 15 is 0 Å². The Morgan fingerprint density at radius 3 is 2.61 bits per heavy atom. The summed E-state index contributed by atoms with van der Waals surface area (Å²) in [7, 11) is 0. The van der Waals surface area contributed by atoms with Crippen LogP contribution < -0.4 is 10.9 Å². The summed E-state index contributed by atoms with van der Waals surface area (Å²) in [5.41, 5.74) is 0.575. The zero-order valence-electron chi connectivity index (χ0n) is 14.3. The molecular formula is C19H14ClN5O3. The van der Waals surface area contributed by atoms with E-state index in [1.165, 1.54) is 10.8 Å². The Morgan fingerprint density at radius 1 is 1.14 bits per heavy atom. The van der Waals surface area contributed by atoms with Gasteiger partial charge in [-0.15, -0.1) is 0 Å². The van der Waals surface area contributed by atoms with Crippen molar-refractivity contribution in [1.82, 2.24) is 25.1 Å². The minimum Gasteiger partial charge on any atom is -0.465 e. The first-order chi connectivity index (χ1) is 13.6. The summed E-state index contributed by atoms with van der Waals surface area (Å²) >= 11 is 6.24. The van der Waals surface area contributed by atoms with Crippen LogP contribution in [0.1, 0.15) is 17.4 Å². The van der Waals surface area contributed by atoms with E-state index in [0.717, 1.165) is 0 Å². The summed E-state index contributed by atoms with van der Waals surface area (Å²) in [6.45, 7) is 0. The third-order valence-corrected chi connectivity index (χ3v) is 4.57. The molecule has 9 heteroatoms. The molecule has 0 aliphatic heterocycles. The standard InChI is InChI=1S/C19H14ClN5O3/c20-12-7-4-8-13-15(12)18(26)25(14-9-10-21-24-14)17(22-13)16(23-19(27)28)11-5-2-1-3-6-11/h1-10,16,23H,(H,21,24)(H,27,28). The molecule has 2 aromatic heterocycles. The van der Waals surface area contributed by atoms with E-state index in [-0.39, 0.29) is 16.2 Å². The van der Waals surface area contributed by atoms with Gasteiger partial charge in [-0.05, 0) is 17.7 Å². The van der Waals surface area contributed by atoms with Gasteiger partial charge in [0.2, 0.25) is 0 Å². The Bertz CT molecular complexity index is 1210. The van der Waals surface area contributed by atoms with Crippen molar-refractivity contribution in [1.29, 1.82) is 0 Å². The number of nitrogens with one attached hydrogen (secondary N) is 2. The van der Waals surface area contributed by atoms with Gasteiger partial charge in [0.05, 0.1) is 22.1 Å². The number of aromatic amines is 1. The van der Waals surface area contributed by atoms with Gasteiger partial charge >= 0.3 is 6.09 Å². The molecular weight excluding hydrogens is 382 g/mol. The molecule has 3 N–H and O–H groups in total. The van der Waals surface area contributed by atoms with Crippen molar-refractivity contribution in [2.45, 2.75) is 6.04 Å². The number of hydrogen-bond acceptors (Lipinski definition) is 4. The normalized spacial score (nSPS) is 12.0. The third-order valence-electron chi connectivity index (χ3n) is 4.26. The summed E-state index contributed by atoms with van der Waals surface area (Å²) in [5.74, 6) is 0.542. The fourth-order valence-corrected chi connectivity index (χ4v) is 3.32. The minimum atomic E-state index is -1.24. The predicted molar refractivity (Wildman–Crippen MR) is 104 cm³/mol. The van der Waals surface area contributed by atoms with Crippen molar-refractivity contribution in [3.05, 3.63) is 87.6 Å². The minimum absolute atomic E-state index is 0.192. The fraction of sp³-hybridized carbons (Fsp3) is 0.0526. The molecule has 0 saturated heterocycles. The number of halogens is 1. The second-order valence-corrected chi connectivity index (χ2v) is 6.39. The van der Waals surface area contributed by atoms with Crippen LogP contribution in [0.15, 0.2) is 65.6 Å². The molecule has 1 amide bonds. The van der Waals surface area contributed by atoms with Crippen molar-refractivity contribution in [3.63, 3.8) is 0 Å². The largest absolute Gasteiger partial charge is 0.465 e. The predicted octanol–water partition coefficient (Wildman–Crippen LogP) is 3.12. The summed E-state index contributed by atoms with van der Waals surface area (Å²) < 4.78 is 1.29. The van der Waals surface area contributed by atoms with Gasteiger partial charge in [-0.2, -0.15) is 5.10 Å². The molecule has 2 heterocycles. The highest BCUT2D eigenvalue weighted by molar-refractivity contribution is 6.35. The topological polar surface area (TPSA) is 113 Å². The van der Waals surface area contributed by atoms with E-state index in [1.807, 2.05) is 6.07 Å². The van der Waals surface area contributed by atoms with E-state index in [4.69, 9.17) is 11.6 Å². The van der Waals surface area contributed by atoms with Crippen LogP contribution in [0.4, 0.5) is 4.79 Å². The van der Waals surface area contributed by atoms with E-state index in [2.05, 4.69) is 20.5 Å². The van der Waals surface area contributed by atoms with E-state index in [9.17, 15) is 14.7 Å². The first kappa shape index (κ1) is 17.7. The summed E-state index contributed by atoms with van der Waals surface area (Å²) in [4.78, 5) is 29.4. The SMILES string of the molecule is O=C(O)NC(c1ccccc1)c1nc2cccc(Cl)c2c(=O)n1-c1ccn[nH]1. The number of benzene rings is 2. The Kier molecular flexibility index (Phi) is 4.54. The summed E-state index contributed by atoms with van der Waals surface area (Å²) in [6.07, 6.45) is 0.246. The van der Waals surface area contributed by atoms with Gasteiger partial charge in [-0.3, -0.25) is 9.89 Å². The monoisotopic (exact) mass is 395 g/mol. The van der Waals surface area contributed by atoms with Crippen molar-refractivity contribution < 1.29 is 9.90 Å². The molecule has 1 atom stereocenters. The lowest BCUT2D eigenvalue weighted by Crippen LogP contribution is -2.34. The number of carboxylic acid groups (broad SMARTS) is 1. The highest BCUT2D eigenvalue weighted by Crippen LogP contribution is 2.25. The lowest BCUT2D eigenvalue weighted by molar-refractivity contribution is 0.191. The molecule has 140 valence electrons. The molecule has 4 aromatic rings. The van der Waals surface area contributed by atoms with Crippen LogP contribution in [0.2, 0.25) is 5.02 Å². The average molecular weight is 396 g/mol. The zero-order chi connectivity index (χ0) is 19.7. The van der Waals surface area contributed by atoms with Crippen LogP contribution in [-0.4, -0.2) is 30.9 Å². The molecule has 2 aromatic carbocycles. The number of amides is 1. The van der Waals surface area contributed by atoms with Crippen LogP contribution >= 0.6 is 11.6 Å². The number of rotatable bonds is 4. The molecule has 0 aliphatic carbocycles. The van der Waals surface area contributed by atoms with Crippen molar-refractivity contribution in [2.75, 3.05) is 0 Å². The van der Waals surface area contributed by atoms with Gasteiger partial charge in [0.15, 0.2) is 0 Å². The number of hydrogen-bond donors (Lipinski definition) is 3. The molecule has 0 spiro atoms. The Balaban J connectivity index is 2.08. The summed E-state index contributed by atoms with van der Waals surface area (Å²) in [6, 6.07) is 14.5. The summed E-state index contributed by atoms with van der Waals surface area (Å²) in [5, 5.41) is 19.0. The van der Waals surface area contributed by atoms with Gasteiger partial charge in [-0.1, -0.05) is 48.0 Å². The first-order valence-electron chi connectivity index (χ1n) is 8.31. The highest BCUT2D eigenvalue weighted by Gasteiger charge is 2.25. The van der Waals surface area contributed by atoms with E-state index < -0.39 is 17.7 Å². The second-order valence-electron chi connectivity index (χ2n) is 5.98. The molecule has 1 unspecified atom stereocenters. The second kappa shape index (κ2) is 7.16. The Labute approximate surface area is 163 Å². The molecule has 0 bridgehead atoms. The molecule has 0 saturated carbocycles. The molecule has 28 heavy (non-hydrogen) atoms. The van der Waals surface area contributed by atoms with Gasteiger partial charge < -0.3 is 10.4 Å². The Morgan fingerprint density at radius 2 is 1.93 bits per heavy atom. The lowest BCUT2D eigenvalue weighted by Gasteiger charge is -2.21. The number of H-pyrrole nitrogens is 1. The fourth-order valence-electron chi connectivity index (χ4n) is 3.07. The van der Waals surface area contributed by atoms with Crippen molar-refractivity contribution in [3.8, 4) is 5.82 Å². The van der Waals surface area contributed by atoms with E-state index in [1.54, 1.807) is 48.5 Å². The maximum Gasteiger partial charge on any atom is 0.405 e. The van der Waals surface area contributed by atoms with Crippen LogP contribution in [0.5, 0.6) is 0 Å². The van der Waals surface area contributed by atoms with Gasteiger partial charge in [0.25, 0.3) is 5.56 Å². The zero-order valence-corrected chi connectivity index (χ0v) is 15.1. The first-order valence-corrected chi connectivity index (χ1v) is 8.69. The molecule has 4 rings (SSSR count). The van der Waals surface area contributed by atoms with Crippen LogP contribution in [0.25, 0.3) is 16.7 Å². The number of aromatic nitrogens is 4. The number of nitrogens with zero attached hydrogens (tertiary/aromatic N) is 3. The highest BCUT2D eigenvalue weighted by atomic mass is 35.5. The quantitative estimate of drug-likeness (QED) is 0.491. The number of fused-ring (bicyclic) bond motifs is 1. The lowest BCUT2D eigenvalue weighted by atomic mass is 10.1. The van der Waals surface area contributed by atoms with Gasteiger partial charge in [0.1, 0.15) is 17.7 Å². The van der Waals surface area contributed by atoms with Gasteiger partial charge in [0, 0.05) is 6.07 Å². The van der Waals surface area contributed by atoms with Crippen molar-refractivity contribution >= 4 is 28.6 Å². The molecule has 0 fully saturated rings. The Hall–Kier alpha value is -3.65. The maximum absolute atomic E-state index is 13.3. The third kappa shape index (κ3) is 3.10. The molecule has 0 radical (unpaired) electrons. The van der Waals surface area contributed by atoms with Crippen molar-refractivity contribution in [2.24, 2.45) is 0 Å². The number of carbonyl (C=O) groups is 1. The molecule has 0 aliphatic rings. The average Bonchev–Trinajstić information content (AvgIpc) is 3.20.